The molecule has 0 bridgehead atoms. The molecular formula is C12H23NO4S. The molecule has 0 saturated heterocycles. The molecule has 0 saturated carbocycles. The van der Waals surface area contributed by atoms with E-state index in [1.54, 1.807) is 34.6 Å². The van der Waals surface area contributed by atoms with Crippen LogP contribution < -0.4 is 5.32 Å². The average molecular weight is 277 g/mol. The molecule has 0 heterocycles. The number of rotatable bonds is 5. The van der Waals surface area contributed by atoms with E-state index < -0.39 is 17.2 Å². The molecule has 0 aliphatic heterocycles. The second-order valence-electron chi connectivity index (χ2n) is 5.65. The first-order valence-electron chi connectivity index (χ1n) is 5.83. The molecule has 6 heteroatoms. The molecule has 5 nitrogen and oxygen atoms in total. The minimum absolute atomic E-state index is 0.0961. The van der Waals surface area contributed by atoms with Crippen LogP contribution in [0.15, 0.2) is 0 Å². The van der Waals surface area contributed by atoms with Crippen LogP contribution in [0.5, 0.6) is 0 Å². The summed E-state index contributed by atoms with van der Waals surface area (Å²) < 4.78 is 10.1. The normalized spacial score (nSPS) is 11.9. The van der Waals surface area contributed by atoms with Crippen LogP contribution in [0.3, 0.4) is 0 Å². The summed E-state index contributed by atoms with van der Waals surface area (Å²) in [6, 6.07) is 0. The van der Waals surface area contributed by atoms with Crippen molar-refractivity contribution in [2.45, 2.75) is 52.2 Å². The second kappa shape index (κ2) is 6.87. The van der Waals surface area contributed by atoms with Crippen LogP contribution in [0.1, 0.15) is 41.0 Å². The highest BCUT2D eigenvalue weighted by molar-refractivity contribution is 7.80. The van der Waals surface area contributed by atoms with Crippen molar-refractivity contribution in [1.82, 2.24) is 5.32 Å². The van der Waals surface area contributed by atoms with Gasteiger partial charge in [0, 0.05) is 5.75 Å². The smallest absolute Gasteiger partial charge is 0.408 e. The maximum absolute atomic E-state index is 11.6. The Labute approximate surface area is 114 Å². The van der Waals surface area contributed by atoms with Crippen molar-refractivity contribution >= 4 is 24.7 Å². The molecule has 106 valence electrons. The maximum atomic E-state index is 11.6. The molecule has 0 fully saturated rings. The Hall–Kier alpha value is -0.910. The van der Waals surface area contributed by atoms with Crippen molar-refractivity contribution in [1.29, 1.82) is 0 Å². The average Bonchev–Trinajstić information content (AvgIpc) is 2.11. The Morgan fingerprint density at radius 3 is 2.17 bits per heavy atom. The summed E-state index contributed by atoms with van der Waals surface area (Å²) in [6.45, 7) is 8.96. The molecule has 18 heavy (non-hydrogen) atoms. The fraction of sp³-hybridized carbons (Fsp3) is 0.833. The summed E-state index contributed by atoms with van der Waals surface area (Å²) in [6.07, 6.45) is -0.274. The summed E-state index contributed by atoms with van der Waals surface area (Å²) in [5, 5.41) is 2.65. The predicted octanol–water partition coefficient (Wildman–Crippen LogP) is 2.15. The van der Waals surface area contributed by atoms with E-state index in [0.717, 1.165) is 0 Å². The molecule has 1 N–H and O–H groups in total. The van der Waals surface area contributed by atoms with Gasteiger partial charge in [0.2, 0.25) is 0 Å². The lowest BCUT2D eigenvalue weighted by atomic mass is 10.1. The molecule has 1 amide bonds. The molecule has 0 unspecified atom stereocenters. The molecule has 0 spiro atoms. The second-order valence-corrected chi connectivity index (χ2v) is 6.09. The first kappa shape index (κ1) is 17.1. The van der Waals surface area contributed by atoms with Gasteiger partial charge in [0.05, 0.1) is 12.0 Å². The number of alkyl carbamates (subject to hydrolysis) is 1. The summed E-state index contributed by atoms with van der Waals surface area (Å²) in [7, 11) is 0. The molecule has 0 radical (unpaired) electrons. The van der Waals surface area contributed by atoms with Crippen LogP contribution in [0.2, 0.25) is 0 Å². The fourth-order valence-corrected chi connectivity index (χ4v) is 1.22. The molecule has 0 aromatic rings. The molecule has 0 rings (SSSR count). The molecule has 0 atom stereocenters. The van der Waals surface area contributed by atoms with E-state index in [4.69, 9.17) is 9.47 Å². The standard InChI is InChI=1S/C12H23NO4S/c1-11(2,3)17-10(15)13-12(4,5)8-16-9(14)6-7-18/h18H,6-8H2,1-5H3,(H,13,15). The number of ether oxygens (including phenoxy) is 2. The highest BCUT2D eigenvalue weighted by atomic mass is 32.1. The van der Waals surface area contributed by atoms with Crippen LogP contribution in [0.4, 0.5) is 4.79 Å². The SMILES string of the molecule is CC(C)(COC(=O)CCS)NC(=O)OC(C)(C)C. The largest absolute Gasteiger partial charge is 0.463 e. The van der Waals surface area contributed by atoms with E-state index in [1.165, 1.54) is 0 Å². The van der Waals surface area contributed by atoms with Crippen molar-refractivity contribution in [2.24, 2.45) is 0 Å². The molecule has 0 aromatic heterocycles. The van der Waals surface area contributed by atoms with Gasteiger partial charge in [-0.2, -0.15) is 12.6 Å². The summed E-state index contributed by atoms with van der Waals surface area (Å²) in [5.41, 5.74) is -1.22. The summed E-state index contributed by atoms with van der Waals surface area (Å²) in [4.78, 5) is 22.7. The van der Waals surface area contributed by atoms with Crippen molar-refractivity contribution in [3.05, 3.63) is 0 Å². The van der Waals surface area contributed by atoms with Gasteiger partial charge in [-0.25, -0.2) is 4.79 Å². The highest BCUT2D eigenvalue weighted by Gasteiger charge is 2.25. The zero-order chi connectivity index (χ0) is 14.4. The third-order valence-corrected chi connectivity index (χ3v) is 1.97. The van der Waals surface area contributed by atoms with Gasteiger partial charge < -0.3 is 14.8 Å². The van der Waals surface area contributed by atoms with Crippen molar-refractivity contribution in [2.75, 3.05) is 12.4 Å². The molecule has 0 aliphatic rings. The predicted molar refractivity (Wildman–Crippen MR) is 72.9 cm³/mol. The lowest BCUT2D eigenvalue weighted by Gasteiger charge is -2.28. The minimum atomic E-state index is -0.672. The molecule has 0 aliphatic carbocycles. The Balaban J connectivity index is 4.14. The third kappa shape index (κ3) is 9.15. The van der Waals surface area contributed by atoms with E-state index in [0.29, 0.717) is 5.75 Å². The zero-order valence-electron chi connectivity index (χ0n) is 11.7. The van der Waals surface area contributed by atoms with Gasteiger partial charge in [-0.15, -0.1) is 0 Å². The van der Waals surface area contributed by atoms with Crippen molar-refractivity contribution in [3.63, 3.8) is 0 Å². The van der Waals surface area contributed by atoms with E-state index in [9.17, 15) is 9.59 Å². The minimum Gasteiger partial charge on any atom is -0.463 e. The first-order valence-corrected chi connectivity index (χ1v) is 6.47. The van der Waals surface area contributed by atoms with Crippen molar-refractivity contribution in [3.8, 4) is 0 Å². The number of hydrogen-bond acceptors (Lipinski definition) is 5. The lowest BCUT2D eigenvalue weighted by Crippen LogP contribution is -2.49. The van der Waals surface area contributed by atoms with E-state index in [1.807, 2.05) is 0 Å². The van der Waals surface area contributed by atoms with Gasteiger partial charge in [-0.1, -0.05) is 0 Å². The number of amides is 1. The fourth-order valence-electron chi connectivity index (χ4n) is 1.04. The van der Waals surface area contributed by atoms with Gasteiger partial charge in [0.15, 0.2) is 0 Å². The number of carbonyl (C=O) groups is 2. The zero-order valence-corrected chi connectivity index (χ0v) is 12.6. The topological polar surface area (TPSA) is 64.6 Å². The maximum Gasteiger partial charge on any atom is 0.408 e. The number of esters is 1. The van der Waals surface area contributed by atoms with Gasteiger partial charge in [-0.3, -0.25) is 4.79 Å². The molecular weight excluding hydrogens is 254 g/mol. The third-order valence-electron chi connectivity index (χ3n) is 1.75. The Morgan fingerprint density at radius 2 is 1.72 bits per heavy atom. The highest BCUT2D eigenvalue weighted by Crippen LogP contribution is 2.10. The van der Waals surface area contributed by atoms with Crippen LogP contribution in [0, 0.1) is 0 Å². The quantitative estimate of drug-likeness (QED) is 0.597. The van der Waals surface area contributed by atoms with Gasteiger partial charge in [-0.05, 0) is 34.6 Å². The van der Waals surface area contributed by atoms with Crippen LogP contribution in [0.25, 0.3) is 0 Å². The Morgan fingerprint density at radius 1 is 1.17 bits per heavy atom. The first-order chi connectivity index (χ1) is 8.06. The monoisotopic (exact) mass is 277 g/mol. The summed E-state index contributed by atoms with van der Waals surface area (Å²) >= 11 is 3.94. The van der Waals surface area contributed by atoms with Crippen LogP contribution >= 0.6 is 12.6 Å². The Bertz CT molecular complexity index is 297. The Kier molecular flexibility index (Phi) is 6.52. The number of hydrogen-bond donors (Lipinski definition) is 2. The lowest BCUT2D eigenvalue weighted by molar-refractivity contribution is -0.145. The van der Waals surface area contributed by atoms with E-state index in [2.05, 4.69) is 17.9 Å². The van der Waals surface area contributed by atoms with Gasteiger partial charge >= 0.3 is 12.1 Å². The summed E-state index contributed by atoms with van der Waals surface area (Å²) in [5.74, 6) is 0.114. The van der Waals surface area contributed by atoms with Crippen LogP contribution in [-0.4, -0.2) is 35.6 Å². The van der Waals surface area contributed by atoms with E-state index in [-0.39, 0.29) is 19.0 Å². The van der Waals surface area contributed by atoms with E-state index >= 15 is 0 Å². The van der Waals surface area contributed by atoms with Gasteiger partial charge in [0.1, 0.15) is 12.2 Å². The van der Waals surface area contributed by atoms with Gasteiger partial charge in [0.25, 0.3) is 0 Å². The molecule has 0 aromatic carbocycles. The van der Waals surface area contributed by atoms with Crippen LogP contribution in [-0.2, 0) is 14.3 Å². The number of thiol groups is 1. The number of carbonyl (C=O) groups excluding carboxylic acids is 2. The number of nitrogens with one attached hydrogen (secondary N) is 1. The van der Waals surface area contributed by atoms with Crippen molar-refractivity contribution < 1.29 is 19.1 Å².